The molecule has 37 heavy (non-hydrogen) atoms. The maximum Gasteiger partial charge on any atom is 0.431 e. The number of benzene rings is 3. The second-order valence-electron chi connectivity index (χ2n) is 8.54. The number of alkyl halides is 6. The average molecular weight is 555 g/mol. The number of rotatable bonds is 4. The van der Waals surface area contributed by atoms with Gasteiger partial charge in [0, 0.05) is 16.0 Å². The van der Waals surface area contributed by atoms with Gasteiger partial charge in [0.25, 0.3) is 5.60 Å². The summed E-state index contributed by atoms with van der Waals surface area (Å²) in [5, 5.41) is 15.8. The number of thiophene rings is 1. The van der Waals surface area contributed by atoms with E-state index in [4.69, 9.17) is 11.6 Å². The van der Waals surface area contributed by atoms with E-state index in [-0.39, 0.29) is 10.7 Å². The number of hydrazone groups is 1. The summed E-state index contributed by atoms with van der Waals surface area (Å²) in [5.41, 5.74) is -5.19. The van der Waals surface area contributed by atoms with Gasteiger partial charge in [-0.3, -0.25) is 5.01 Å². The van der Waals surface area contributed by atoms with Crippen LogP contribution >= 0.6 is 22.9 Å². The zero-order valence-corrected chi connectivity index (χ0v) is 20.3. The summed E-state index contributed by atoms with van der Waals surface area (Å²) in [6, 6.07) is 21.5. The molecule has 2 heterocycles. The standard InChI is InChI=1S/C26H17ClF6N2OS/c27-18-6-2-3-7-19(18)35-20(14-23(34-35)24(36,25(28,29)30)26(31,32)33)15-9-11-16(12-10-15)22-13-17-5-1-4-8-21(17)37-22/h1-13,20,36H,14H2. The van der Waals surface area contributed by atoms with Crippen molar-refractivity contribution in [2.24, 2.45) is 5.10 Å². The molecule has 192 valence electrons. The van der Waals surface area contributed by atoms with Crippen LogP contribution in [0.25, 0.3) is 20.5 Å². The van der Waals surface area contributed by atoms with Gasteiger partial charge in [0.15, 0.2) is 0 Å². The number of para-hydroxylation sites is 1. The number of hydrogen-bond donors (Lipinski definition) is 1. The molecule has 0 radical (unpaired) electrons. The summed E-state index contributed by atoms with van der Waals surface area (Å²) in [4.78, 5) is 0.961. The number of nitrogens with zero attached hydrogens (tertiary/aromatic N) is 2. The van der Waals surface area contributed by atoms with E-state index in [0.29, 0.717) is 5.56 Å². The molecule has 1 unspecified atom stereocenters. The van der Waals surface area contributed by atoms with Crippen molar-refractivity contribution in [1.29, 1.82) is 0 Å². The quantitative estimate of drug-likeness (QED) is 0.257. The average Bonchev–Trinajstić information content (AvgIpc) is 3.47. The normalized spacial score (nSPS) is 16.9. The molecule has 0 fully saturated rings. The Hall–Kier alpha value is -3.08. The number of fused-ring (bicyclic) bond motifs is 1. The lowest BCUT2D eigenvalue weighted by Gasteiger charge is -2.32. The topological polar surface area (TPSA) is 35.8 Å². The molecule has 3 aromatic carbocycles. The molecule has 0 spiro atoms. The van der Waals surface area contributed by atoms with Crippen molar-refractivity contribution < 1.29 is 31.4 Å². The predicted molar refractivity (Wildman–Crippen MR) is 133 cm³/mol. The molecular formula is C26H17ClF6N2OS. The monoisotopic (exact) mass is 554 g/mol. The fraction of sp³-hybridized carbons (Fsp3) is 0.192. The van der Waals surface area contributed by atoms with Crippen molar-refractivity contribution in [2.75, 3.05) is 5.01 Å². The van der Waals surface area contributed by atoms with Crippen molar-refractivity contribution in [3.05, 3.63) is 89.4 Å². The highest BCUT2D eigenvalue weighted by atomic mass is 35.5. The minimum atomic E-state index is -6.03. The van der Waals surface area contributed by atoms with Gasteiger partial charge in [0.2, 0.25) is 0 Å². The molecule has 4 aromatic rings. The van der Waals surface area contributed by atoms with Crippen molar-refractivity contribution in [2.45, 2.75) is 30.4 Å². The molecule has 1 aliphatic rings. The van der Waals surface area contributed by atoms with Gasteiger partial charge in [-0.1, -0.05) is 66.2 Å². The smallest absolute Gasteiger partial charge is 0.369 e. The zero-order valence-electron chi connectivity index (χ0n) is 18.7. The lowest BCUT2D eigenvalue weighted by atomic mass is 9.89. The highest BCUT2D eigenvalue weighted by molar-refractivity contribution is 7.22. The van der Waals surface area contributed by atoms with Gasteiger partial charge in [0.1, 0.15) is 0 Å². The van der Waals surface area contributed by atoms with E-state index in [1.807, 2.05) is 30.3 Å². The Bertz CT molecular complexity index is 1430. The van der Waals surface area contributed by atoms with Gasteiger partial charge in [-0.2, -0.15) is 31.4 Å². The molecule has 1 aromatic heterocycles. The molecular weight excluding hydrogens is 538 g/mol. The van der Waals surface area contributed by atoms with E-state index in [9.17, 15) is 31.4 Å². The van der Waals surface area contributed by atoms with E-state index in [1.54, 1.807) is 41.7 Å². The van der Waals surface area contributed by atoms with Crippen LogP contribution in [0.3, 0.4) is 0 Å². The number of aliphatic hydroxyl groups is 1. The van der Waals surface area contributed by atoms with E-state index in [1.165, 1.54) is 18.2 Å². The molecule has 0 saturated heterocycles. The highest BCUT2D eigenvalue weighted by Gasteiger charge is 2.74. The highest BCUT2D eigenvalue weighted by Crippen LogP contribution is 2.49. The van der Waals surface area contributed by atoms with Crippen molar-refractivity contribution >= 4 is 44.4 Å². The van der Waals surface area contributed by atoms with Crippen LogP contribution in [0.1, 0.15) is 18.0 Å². The summed E-state index contributed by atoms with van der Waals surface area (Å²) in [6.45, 7) is 0. The summed E-state index contributed by atoms with van der Waals surface area (Å²) in [5.74, 6) is 0. The maximum absolute atomic E-state index is 13.6. The van der Waals surface area contributed by atoms with Crippen LogP contribution in [-0.4, -0.2) is 28.8 Å². The lowest BCUT2D eigenvalue weighted by Crippen LogP contribution is -2.62. The van der Waals surface area contributed by atoms with E-state index in [0.717, 1.165) is 25.5 Å². The van der Waals surface area contributed by atoms with Crippen LogP contribution in [0.15, 0.2) is 84.0 Å². The van der Waals surface area contributed by atoms with Crippen molar-refractivity contribution in [1.82, 2.24) is 0 Å². The molecule has 0 bridgehead atoms. The Morgan fingerprint density at radius 1 is 0.865 bits per heavy atom. The minimum Gasteiger partial charge on any atom is -0.369 e. The van der Waals surface area contributed by atoms with E-state index < -0.39 is 36.1 Å². The summed E-state index contributed by atoms with van der Waals surface area (Å²) >= 11 is 7.79. The van der Waals surface area contributed by atoms with Crippen LogP contribution in [0.5, 0.6) is 0 Å². The third-order valence-electron chi connectivity index (χ3n) is 6.25. The minimum absolute atomic E-state index is 0.0851. The van der Waals surface area contributed by atoms with E-state index >= 15 is 0 Å². The Labute approximate surface area is 216 Å². The first-order valence-corrected chi connectivity index (χ1v) is 12.2. The summed E-state index contributed by atoms with van der Waals surface area (Å²) in [6.07, 6.45) is -12.9. The number of anilines is 1. The van der Waals surface area contributed by atoms with E-state index in [2.05, 4.69) is 5.10 Å². The molecule has 3 nitrogen and oxygen atoms in total. The van der Waals surface area contributed by atoms with Crippen LogP contribution in [-0.2, 0) is 0 Å². The summed E-state index contributed by atoms with van der Waals surface area (Å²) in [7, 11) is 0. The van der Waals surface area contributed by atoms with Crippen LogP contribution in [0.4, 0.5) is 32.0 Å². The van der Waals surface area contributed by atoms with Gasteiger partial charge < -0.3 is 5.11 Å². The second-order valence-corrected chi connectivity index (χ2v) is 10.0. The fourth-order valence-corrected chi connectivity index (χ4v) is 5.62. The van der Waals surface area contributed by atoms with Crippen molar-refractivity contribution in [3.63, 3.8) is 0 Å². The largest absolute Gasteiger partial charge is 0.431 e. The first-order valence-electron chi connectivity index (χ1n) is 11.0. The van der Waals surface area contributed by atoms with Crippen molar-refractivity contribution in [3.8, 4) is 10.4 Å². The second kappa shape index (κ2) is 9.04. The third-order valence-corrected chi connectivity index (χ3v) is 7.74. The number of halogens is 7. The maximum atomic E-state index is 13.6. The first kappa shape index (κ1) is 25.6. The Morgan fingerprint density at radius 3 is 2.11 bits per heavy atom. The van der Waals surface area contributed by atoms with Gasteiger partial charge in [-0.15, -0.1) is 11.3 Å². The molecule has 0 aliphatic carbocycles. The summed E-state index contributed by atoms with van der Waals surface area (Å²) < 4.78 is 82.8. The SMILES string of the molecule is OC(C1=NN(c2ccccc2Cl)C(c2ccc(-c3cc4ccccc4s3)cc2)C1)(C(F)(F)F)C(F)(F)F. The molecule has 1 N–H and O–H groups in total. The Kier molecular flexibility index (Phi) is 6.24. The van der Waals surface area contributed by atoms with Gasteiger partial charge in [0.05, 0.1) is 22.5 Å². The fourth-order valence-electron chi connectivity index (χ4n) is 4.33. The Morgan fingerprint density at radius 2 is 1.49 bits per heavy atom. The first-order chi connectivity index (χ1) is 17.4. The number of hydrogen-bond acceptors (Lipinski definition) is 4. The van der Waals surface area contributed by atoms with Crippen LogP contribution in [0.2, 0.25) is 5.02 Å². The lowest BCUT2D eigenvalue weighted by molar-refractivity contribution is -0.338. The van der Waals surface area contributed by atoms with Crippen LogP contribution in [0, 0.1) is 0 Å². The zero-order chi connectivity index (χ0) is 26.6. The molecule has 0 amide bonds. The predicted octanol–water partition coefficient (Wildman–Crippen LogP) is 8.38. The molecule has 5 rings (SSSR count). The van der Waals surface area contributed by atoms with Gasteiger partial charge in [-0.25, -0.2) is 0 Å². The van der Waals surface area contributed by atoms with Crippen LogP contribution < -0.4 is 5.01 Å². The molecule has 1 atom stereocenters. The third kappa shape index (κ3) is 4.36. The van der Waals surface area contributed by atoms with Gasteiger partial charge in [-0.05, 0) is 40.8 Å². The molecule has 11 heteroatoms. The Balaban J connectivity index is 1.56. The molecule has 1 aliphatic heterocycles. The van der Waals surface area contributed by atoms with Gasteiger partial charge >= 0.3 is 12.4 Å². The molecule has 0 saturated carbocycles.